The van der Waals surface area contributed by atoms with Crippen LogP contribution in [-0.4, -0.2) is 53.1 Å². The Labute approximate surface area is 289 Å². The molecule has 4 N–H and O–H groups in total. The van der Waals surface area contributed by atoms with Crippen molar-refractivity contribution >= 4 is 16.0 Å². The zero-order valence-corrected chi connectivity index (χ0v) is 31.1. The summed E-state index contributed by atoms with van der Waals surface area (Å²) in [6.45, 7) is 4.47. The third-order valence-corrected chi connectivity index (χ3v) is 9.43. The summed E-state index contributed by atoms with van der Waals surface area (Å²) >= 11 is 0. The van der Waals surface area contributed by atoms with Crippen LogP contribution >= 0.6 is 0 Å². The first-order valence-corrected chi connectivity index (χ1v) is 20.9. The molecule has 276 valence electrons. The molecule has 0 fully saturated rings. The quantitative estimate of drug-likeness (QED) is 0.0304. The molecule has 0 saturated carbocycles. The van der Waals surface area contributed by atoms with Crippen LogP contribution in [0.2, 0.25) is 0 Å². The Morgan fingerprint density at radius 3 is 1.40 bits per heavy atom. The zero-order chi connectivity index (χ0) is 34.9. The van der Waals surface area contributed by atoms with Gasteiger partial charge in [0.25, 0.3) is 10.1 Å². The molecule has 0 aromatic carbocycles. The van der Waals surface area contributed by atoms with Crippen molar-refractivity contribution < 1.29 is 28.0 Å². The summed E-state index contributed by atoms with van der Waals surface area (Å²) in [7, 11) is -4.45. The highest BCUT2D eigenvalue weighted by molar-refractivity contribution is 7.85. The summed E-state index contributed by atoms with van der Waals surface area (Å²) in [6.07, 6.45) is 39.2. The minimum absolute atomic E-state index is 0.267. The normalized spacial score (nSPS) is 14.4. The van der Waals surface area contributed by atoms with Crippen LogP contribution in [0, 0.1) is 0 Å². The van der Waals surface area contributed by atoms with Gasteiger partial charge in [0.1, 0.15) is 6.10 Å². The van der Waals surface area contributed by atoms with Gasteiger partial charge in [-0.1, -0.05) is 159 Å². The van der Waals surface area contributed by atoms with Crippen LogP contribution in [0.1, 0.15) is 181 Å². The van der Waals surface area contributed by atoms with Crippen LogP contribution < -0.4 is 5.32 Å². The molecule has 0 heterocycles. The average molecular weight is 684 g/mol. The molecule has 7 nitrogen and oxygen atoms in total. The number of allylic oxidation sites excluding steroid dienone is 5. The van der Waals surface area contributed by atoms with Crippen molar-refractivity contribution in [3.8, 4) is 0 Å². The molecule has 0 rings (SSSR count). The second kappa shape index (κ2) is 33.0. The van der Waals surface area contributed by atoms with Crippen molar-refractivity contribution in [2.75, 3.05) is 5.75 Å². The van der Waals surface area contributed by atoms with Gasteiger partial charge >= 0.3 is 0 Å². The first-order valence-electron chi connectivity index (χ1n) is 19.3. The van der Waals surface area contributed by atoms with Gasteiger partial charge in [-0.15, -0.1) is 0 Å². The summed E-state index contributed by atoms with van der Waals surface area (Å²) in [5.74, 6) is -1.56. The van der Waals surface area contributed by atoms with Gasteiger partial charge in [0, 0.05) is 0 Å². The van der Waals surface area contributed by atoms with E-state index in [1.165, 1.54) is 115 Å². The largest absolute Gasteiger partial charge is 0.387 e. The van der Waals surface area contributed by atoms with Gasteiger partial charge in [-0.3, -0.25) is 9.35 Å². The van der Waals surface area contributed by atoms with Crippen molar-refractivity contribution in [1.29, 1.82) is 0 Å². The molecule has 0 bridgehead atoms. The maximum Gasteiger partial charge on any atom is 0.267 e. The molecule has 0 saturated heterocycles. The molecule has 0 radical (unpaired) electrons. The number of carbonyl (C=O) groups excluding carboxylic acids is 1. The molecule has 1 amide bonds. The molecule has 0 aliphatic rings. The van der Waals surface area contributed by atoms with E-state index in [-0.39, 0.29) is 6.42 Å². The van der Waals surface area contributed by atoms with E-state index in [9.17, 15) is 28.0 Å². The monoisotopic (exact) mass is 684 g/mol. The predicted molar refractivity (Wildman–Crippen MR) is 199 cm³/mol. The van der Waals surface area contributed by atoms with Crippen molar-refractivity contribution in [3.05, 3.63) is 36.5 Å². The van der Waals surface area contributed by atoms with Crippen LogP contribution in [0.3, 0.4) is 0 Å². The van der Waals surface area contributed by atoms with Gasteiger partial charge < -0.3 is 15.5 Å². The van der Waals surface area contributed by atoms with E-state index in [0.29, 0.717) is 12.8 Å². The van der Waals surface area contributed by atoms with Gasteiger partial charge in [0.2, 0.25) is 5.91 Å². The van der Waals surface area contributed by atoms with E-state index in [2.05, 4.69) is 43.5 Å². The zero-order valence-electron chi connectivity index (χ0n) is 30.3. The SMILES string of the molecule is CCCCCCC/C=C/CC/C=C/C(O)C(CS(=O)(=O)O)NC(=O)C(O)CCCCCCCC/C=C\CCCCCCCCCCC. The highest BCUT2D eigenvalue weighted by Crippen LogP contribution is 2.13. The molecule has 0 aromatic heterocycles. The molecule has 0 aliphatic carbocycles. The van der Waals surface area contributed by atoms with Gasteiger partial charge in [-0.25, -0.2) is 0 Å². The topological polar surface area (TPSA) is 124 Å². The van der Waals surface area contributed by atoms with Crippen LogP contribution in [0.4, 0.5) is 0 Å². The summed E-state index contributed by atoms with van der Waals surface area (Å²) < 4.78 is 32.4. The molecular weight excluding hydrogens is 610 g/mol. The Bertz CT molecular complexity index is 901. The lowest BCUT2D eigenvalue weighted by Gasteiger charge is -2.22. The van der Waals surface area contributed by atoms with Crippen LogP contribution in [0.5, 0.6) is 0 Å². The summed E-state index contributed by atoms with van der Waals surface area (Å²) in [5, 5.41) is 23.3. The maximum atomic E-state index is 12.5. The molecule has 0 spiro atoms. The van der Waals surface area contributed by atoms with Gasteiger partial charge in [0.15, 0.2) is 0 Å². The number of amides is 1. The van der Waals surface area contributed by atoms with Crippen LogP contribution in [0.25, 0.3) is 0 Å². The Kier molecular flexibility index (Phi) is 32.0. The van der Waals surface area contributed by atoms with Crippen molar-refractivity contribution in [3.63, 3.8) is 0 Å². The lowest BCUT2D eigenvalue weighted by Crippen LogP contribution is -2.50. The third kappa shape index (κ3) is 32.8. The van der Waals surface area contributed by atoms with E-state index >= 15 is 0 Å². The lowest BCUT2D eigenvalue weighted by atomic mass is 10.0. The average Bonchev–Trinajstić information content (AvgIpc) is 3.03. The number of nitrogens with one attached hydrogen (secondary N) is 1. The van der Waals surface area contributed by atoms with Gasteiger partial charge in [-0.05, 0) is 57.8 Å². The van der Waals surface area contributed by atoms with Crippen molar-refractivity contribution in [2.45, 2.75) is 199 Å². The van der Waals surface area contributed by atoms with E-state index < -0.39 is 40.0 Å². The van der Waals surface area contributed by atoms with Gasteiger partial charge in [-0.2, -0.15) is 8.42 Å². The Balaban J connectivity index is 4.07. The highest BCUT2D eigenvalue weighted by atomic mass is 32.2. The van der Waals surface area contributed by atoms with Crippen LogP contribution in [-0.2, 0) is 14.9 Å². The number of rotatable bonds is 34. The first-order chi connectivity index (χ1) is 22.7. The molecule has 0 aliphatic heterocycles. The van der Waals surface area contributed by atoms with Gasteiger partial charge in [0.05, 0.1) is 17.9 Å². The maximum absolute atomic E-state index is 12.5. The smallest absolute Gasteiger partial charge is 0.267 e. The van der Waals surface area contributed by atoms with E-state index in [0.717, 1.165) is 38.5 Å². The number of unbranched alkanes of at least 4 members (excludes halogenated alkanes) is 21. The predicted octanol–water partition coefficient (Wildman–Crippen LogP) is 9.93. The first kappa shape index (κ1) is 45.5. The fourth-order valence-corrected chi connectivity index (χ4v) is 6.38. The fourth-order valence-electron chi connectivity index (χ4n) is 5.64. The number of carbonyl (C=O) groups is 1. The molecular formula is C39H73NO6S. The lowest BCUT2D eigenvalue weighted by molar-refractivity contribution is -0.130. The minimum atomic E-state index is -4.45. The summed E-state index contributed by atoms with van der Waals surface area (Å²) in [6, 6.07) is -1.25. The summed E-state index contributed by atoms with van der Waals surface area (Å²) in [4.78, 5) is 12.5. The third-order valence-electron chi connectivity index (χ3n) is 8.65. The second-order valence-electron chi connectivity index (χ2n) is 13.3. The number of aliphatic hydroxyl groups is 2. The number of hydrogen-bond donors (Lipinski definition) is 4. The van der Waals surface area contributed by atoms with Crippen molar-refractivity contribution in [1.82, 2.24) is 5.32 Å². The Hall–Kier alpha value is -1.48. The summed E-state index contributed by atoms with van der Waals surface area (Å²) in [5.41, 5.74) is 0. The van der Waals surface area contributed by atoms with E-state index in [4.69, 9.17) is 0 Å². The fraction of sp³-hybridized carbons (Fsp3) is 0.821. The molecule has 47 heavy (non-hydrogen) atoms. The molecule has 3 atom stereocenters. The highest BCUT2D eigenvalue weighted by Gasteiger charge is 2.27. The standard InChI is InChI=1S/C39H73NO6S/c1-3-5-7-9-11-13-15-16-17-18-19-20-21-22-24-26-28-30-32-34-38(42)39(43)40-36(35-47(44,45)46)37(41)33-31-29-27-25-23-14-12-10-8-6-4-2/h19-20,23,25,31,33,36-38,41-42H,3-18,21-22,24,26-30,32,34-35H2,1-2H3,(H,40,43)(H,44,45,46)/b20-19-,25-23+,33-31+. The van der Waals surface area contributed by atoms with Crippen LogP contribution in [0.15, 0.2) is 36.5 Å². The molecule has 3 unspecified atom stereocenters. The van der Waals surface area contributed by atoms with E-state index in [1.807, 2.05) is 0 Å². The van der Waals surface area contributed by atoms with Crippen molar-refractivity contribution in [2.24, 2.45) is 0 Å². The van der Waals surface area contributed by atoms with E-state index in [1.54, 1.807) is 6.08 Å². The molecule has 0 aromatic rings. The Morgan fingerprint density at radius 1 is 0.574 bits per heavy atom. The Morgan fingerprint density at radius 2 is 0.957 bits per heavy atom. The minimum Gasteiger partial charge on any atom is -0.387 e. The second-order valence-corrected chi connectivity index (χ2v) is 14.8. The number of hydrogen-bond acceptors (Lipinski definition) is 5. The molecule has 8 heteroatoms. The number of aliphatic hydroxyl groups excluding tert-OH is 2.